The minimum Gasteiger partial charge on any atom is -0.478 e. The minimum absolute atomic E-state index is 0.00659. The minimum atomic E-state index is -1.16. The molecule has 0 fully saturated rings. The first-order chi connectivity index (χ1) is 28.5. The highest BCUT2D eigenvalue weighted by atomic mass is 16.6. The fraction of sp³-hybridized carbons (Fsp3) is 0.357. The number of carboxylic acid groups (broad SMARTS) is 1. The summed E-state index contributed by atoms with van der Waals surface area (Å²) in [5.74, 6) is -1.18. The number of hydrogen-bond acceptors (Lipinski definition) is 11. The van der Waals surface area contributed by atoms with Crippen molar-refractivity contribution in [2.75, 3.05) is 97.8 Å². The van der Waals surface area contributed by atoms with Gasteiger partial charge in [-0.05, 0) is 53.6 Å². The summed E-state index contributed by atoms with van der Waals surface area (Å²) in [4.78, 5) is 46.6. The number of ether oxygens (including phenoxy) is 4. The predicted octanol–water partition coefficient (Wildman–Crippen LogP) is 5.03. The van der Waals surface area contributed by atoms with Gasteiger partial charge in [-0.1, -0.05) is 11.2 Å². The van der Waals surface area contributed by atoms with Gasteiger partial charge in [0.1, 0.15) is 25.4 Å². The number of carboxylic acids is 1. The van der Waals surface area contributed by atoms with Gasteiger partial charge in [-0.2, -0.15) is 0 Å². The molecule has 2 amide bonds. The summed E-state index contributed by atoms with van der Waals surface area (Å²) in [5, 5.41) is 21.0. The summed E-state index contributed by atoms with van der Waals surface area (Å²) in [6.07, 6.45) is 1.67. The topological polar surface area (TPSA) is 213 Å². The number of carbonyl (C=O) groups is 3. The van der Waals surface area contributed by atoms with Gasteiger partial charge in [0.05, 0.1) is 89.3 Å². The molecule has 17 nitrogen and oxygen atoms in total. The number of fused-ring (bicyclic) bond motifs is 2. The van der Waals surface area contributed by atoms with Gasteiger partial charge < -0.3 is 44.0 Å². The number of benzene rings is 3. The maximum Gasteiger partial charge on any atom is 0.336 e. The van der Waals surface area contributed by atoms with E-state index in [-0.39, 0.29) is 49.8 Å². The van der Waals surface area contributed by atoms with Crippen LogP contribution in [0.15, 0.2) is 82.5 Å². The number of nitrogens with zero attached hydrogens (tertiary/aromatic N) is 6. The molecule has 0 saturated carbocycles. The highest BCUT2D eigenvalue weighted by Crippen LogP contribution is 2.42. The Morgan fingerprint density at radius 3 is 2.20 bits per heavy atom. The number of aromatic carboxylic acids is 1. The second-order valence-corrected chi connectivity index (χ2v) is 13.6. The van der Waals surface area contributed by atoms with Crippen LogP contribution in [0.5, 0.6) is 0 Å². The predicted molar refractivity (Wildman–Crippen MR) is 223 cm³/mol. The molecule has 2 aliphatic rings. The molecule has 17 heteroatoms. The summed E-state index contributed by atoms with van der Waals surface area (Å²) < 4.78 is 30.4. The van der Waals surface area contributed by atoms with Gasteiger partial charge in [0.25, 0.3) is 5.91 Å². The summed E-state index contributed by atoms with van der Waals surface area (Å²) in [5.41, 5.74) is 13.2. The lowest BCUT2D eigenvalue weighted by molar-refractivity contribution is -0.117. The first kappa shape index (κ1) is 43.8. The molecule has 0 unspecified atom stereocenters. The van der Waals surface area contributed by atoms with Crippen LogP contribution in [0, 0.1) is 0 Å². The third-order valence-corrected chi connectivity index (χ3v) is 9.03. The Hall–Kier alpha value is -6.36. The Balaban J connectivity index is 1.01. The summed E-state index contributed by atoms with van der Waals surface area (Å²) in [6.45, 7) is 2.88. The van der Waals surface area contributed by atoms with E-state index in [0.29, 0.717) is 73.5 Å². The standard InChI is InChI=1S/C42H48N8O9/c1-49(2)31-8-11-34-37(24-31)59-38-25-32(50(3)4)9-12-35(38)40(34)33-10-5-28(23-36(33)42(53)54)41(52)44-14-16-56-18-20-58-22-21-57-19-17-55-15-13-39(51)47-30-7-6-29(45-26-30)27-46-48-43/h5-12,23-26H,13-22,27H2,1-4H3,(H2-,44,47,51,52,53,54)/p+1. The van der Waals surface area contributed by atoms with Crippen LogP contribution in [0.3, 0.4) is 0 Å². The van der Waals surface area contributed by atoms with E-state index < -0.39 is 11.9 Å². The number of anilines is 2. The summed E-state index contributed by atoms with van der Waals surface area (Å²) >= 11 is 0. The second-order valence-electron chi connectivity index (χ2n) is 13.6. The van der Waals surface area contributed by atoms with Crippen molar-refractivity contribution < 1.29 is 42.9 Å². The number of nitrogens with one attached hydrogen (secondary N) is 2. The molecule has 0 radical (unpaired) electrons. The SMILES string of the molecule is CN(C)c1ccc2c(-c3ccc(C(=O)NCCOCCOCCOCCOCCC(=O)Nc4ccc(CN=[N+]=[N-])nc4)cc3C(=O)O)c3ccc(=[N+](C)C)cc-3oc2c1. The lowest BCUT2D eigenvalue weighted by atomic mass is 9.89. The van der Waals surface area contributed by atoms with E-state index in [1.807, 2.05) is 74.1 Å². The molecule has 0 spiro atoms. The van der Waals surface area contributed by atoms with Crippen LogP contribution in [-0.2, 0) is 30.3 Å². The van der Waals surface area contributed by atoms with E-state index >= 15 is 0 Å². The number of amides is 2. The van der Waals surface area contributed by atoms with Gasteiger partial charge in [-0.3, -0.25) is 14.6 Å². The van der Waals surface area contributed by atoms with Gasteiger partial charge in [0, 0.05) is 71.1 Å². The Morgan fingerprint density at radius 2 is 1.56 bits per heavy atom. The normalized spacial score (nSPS) is 11.0. The fourth-order valence-electron chi connectivity index (χ4n) is 5.98. The number of pyridine rings is 1. The Bertz CT molecular complexity index is 2320. The molecule has 59 heavy (non-hydrogen) atoms. The molecule has 5 rings (SSSR count). The van der Waals surface area contributed by atoms with Crippen molar-refractivity contribution in [2.45, 2.75) is 13.0 Å². The van der Waals surface area contributed by atoms with Crippen LogP contribution in [0.4, 0.5) is 11.4 Å². The Morgan fingerprint density at radius 1 is 0.864 bits per heavy atom. The van der Waals surface area contributed by atoms with Crippen molar-refractivity contribution in [1.29, 1.82) is 0 Å². The maximum absolute atomic E-state index is 13.1. The van der Waals surface area contributed by atoms with Crippen LogP contribution in [0.1, 0.15) is 32.8 Å². The number of carbonyl (C=O) groups excluding carboxylic acids is 2. The highest BCUT2D eigenvalue weighted by molar-refractivity contribution is 6.09. The van der Waals surface area contributed by atoms with E-state index in [1.165, 1.54) is 12.3 Å². The van der Waals surface area contributed by atoms with Gasteiger partial charge in [-0.15, -0.1) is 0 Å². The highest BCUT2D eigenvalue weighted by Gasteiger charge is 2.24. The molecule has 0 bridgehead atoms. The van der Waals surface area contributed by atoms with Crippen molar-refractivity contribution in [3.05, 3.63) is 106 Å². The van der Waals surface area contributed by atoms with E-state index in [0.717, 1.165) is 22.0 Å². The van der Waals surface area contributed by atoms with E-state index in [2.05, 4.69) is 25.6 Å². The van der Waals surface area contributed by atoms with E-state index in [4.69, 9.17) is 28.9 Å². The number of rotatable bonds is 22. The number of aromatic nitrogens is 1. The quantitative estimate of drug-likeness (QED) is 0.0211. The zero-order valence-electron chi connectivity index (χ0n) is 33.6. The average Bonchev–Trinajstić information content (AvgIpc) is 3.23. The van der Waals surface area contributed by atoms with Crippen molar-refractivity contribution in [3.8, 4) is 22.5 Å². The van der Waals surface area contributed by atoms with Gasteiger partial charge >= 0.3 is 5.97 Å². The monoisotopic (exact) mass is 809 g/mol. The molecular formula is C42H49N8O9+. The van der Waals surface area contributed by atoms with Crippen LogP contribution in [-0.4, -0.2) is 115 Å². The largest absolute Gasteiger partial charge is 0.478 e. The molecular weight excluding hydrogens is 761 g/mol. The first-order valence-corrected chi connectivity index (χ1v) is 19.0. The van der Waals surface area contributed by atoms with Crippen LogP contribution < -0.4 is 25.5 Å². The van der Waals surface area contributed by atoms with E-state index in [9.17, 15) is 19.5 Å². The van der Waals surface area contributed by atoms with Gasteiger partial charge in [0.15, 0.2) is 0 Å². The van der Waals surface area contributed by atoms with Crippen molar-refractivity contribution >= 4 is 40.1 Å². The third-order valence-electron chi connectivity index (χ3n) is 9.03. The fourth-order valence-corrected chi connectivity index (χ4v) is 5.98. The lowest BCUT2D eigenvalue weighted by Gasteiger charge is -2.19. The average molecular weight is 810 g/mol. The molecule has 310 valence electrons. The molecule has 3 N–H and O–H groups in total. The molecule has 3 aromatic rings. The van der Waals surface area contributed by atoms with Gasteiger partial charge in [-0.25, -0.2) is 9.37 Å². The zero-order valence-corrected chi connectivity index (χ0v) is 33.6. The maximum atomic E-state index is 13.1. The molecule has 1 aromatic heterocycles. The lowest BCUT2D eigenvalue weighted by Crippen LogP contribution is -2.28. The zero-order chi connectivity index (χ0) is 42.1. The smallest absolute Gasteiger partial charge is 0.336 e. The van der Waals surface area contributed by atoms with Crippen molar-refractivity contribution in [2.24, 2.45) is 5.11 Å². The molecule has 2 aromatic carbocycles. The molecule has 1 aliphatic heterocycles. The summed E-state index contributed by atoms with van der Waals surface area (Å²) in [6, 6.07) is 19.7. The van der Waals surface area contributed by atoms with Crippen LogP contribution >= 0.6 is 0 Å². The number of azide groups is 1. The first-order valence-electron chi connectivity index (χ1n) is 19.0. The van der Waals surface area contributed by atoms with E-state index in [1.54, 1.807) is 24.3 Å². The van der Waals surface area contributed by atoms with Crippen molar-refractivity contribution in [1.82, 2.24) is 14.9 Å². The van der Waals surface area contributed by atoms with Gasteiger partial charge in [0.2, 0.25) is 11.3 Å². The molecule has 2 heterocycles. The van der Waals surface area contributed by atoms with Crippen LogP contribution in [0.2, 0.25) is 0 Å². The molecule has 0 atom stereocenters. The molecule has 0 saturated heterocycles. The Kier molecular flexibility index (Phi) is 16.3. The molecule has 1 aliphatic carbocycles. The Labute approximate surface area is 341 Å². The third kappa shape index (κ3) is 12.6. The second kappa shape index (κ2) is 22.0. The summed E-state index contributed by atoms with van der Waals surface area (Å²) in [7, 11) is 7.76. The van der Waals surface area contributed by atoms with Crippen molar-refractivity contribution in [3.63, 3.8) is 0 Å². The number of hydrogen-bond donors (Lipinski definition) is 3. The van der Waals surface area contributed by atoms with Crippen LogP contribution in [0.25, 0.3) is 43.9 Å².